The number of Topliss-reactive ketones (excluding diaryl/α,β-unsaturated/α-hetero) is 2. The van der Waals surface area contributed by atoms with Crippen LogP contribution in [-0.2, 0) is 52.5 Å². The molecular weight excluding hydrogens is 753 g/mol. The van der Waals surface area contributed by atoms with Gasteiger partial charge in [0.05, 0.1) is 5.56 Å². The van der Waals surface area contributed by atoms with Crippen LogP contribution >= 0.6 is 0 Å². The molecule has 0 radical (unpaired) electrons. The summed E-state index contributed by atoms with van der Waals surface area (Å²) in [4.78, 5) is 91.0. The number of hydrogen-bond acceptors (Lipinski definition) is 12. The van der Waals surface area contributed by atoms with Crippen LogP contribution in [-0.4, -0.2) is 78.1 Å². The number of ketones is 2. The predicted molar refractivity (Wildman–Crippen MR) is 194 cm³/mol. The van der Waals surface area contributed by atoms with Gasteiger partial charge in [0, 0.05) is 50.9 Å². The second-order valence-electron chi connectivity index (χ2n) is 17.3. The molecule has 0 aromatic heterocycles. The average molecular weight is 807 g/mol. The number of alkyl halides is 3. The number of fused-ring (bicyclic) bond motifs is 5. The van der Waals surface area contributed by atoms with Crippen molar-refractivity contribution in [2.45, 2.75) is 130 Å². The molecule has 0 N–H and O–H groups in total. The number of rotatable bonds is 12. The van der Waals surface area contributed by atoms with E-state index in [-0.39, 0.29) is 58.9 Å². The minimum Gasteiger partial charge on any atom is -0.463 e. The lowest BCUT2D eigenvalue weighted by molar-refractivity contribution is -0.219. The summed E-state index contributed by atoms with van der Waals surface area (Å²) in [6, 6.07) is 7.51. The van der Waals surface area contributed by atoms with E-state index in [1.54, 1.807) is 6.07 Å². The van der Waals surface area contributed by atoms with Crippen LogP contribution < -0.4 is 0 Å². The summed E-state index contributed by atoms with van der Waals surface area (Å²) in [7, 11) is 0. The van der Waals surface area contributed by atoms with Crippen molar-refractivity contribution in [1.82, 2.24) is 0 Å². The molecule has 12 atom stereocenters. The molecule has 0 spiro atoms. The van der Waals surface area contributed by atoms with Crippen LogP contribution in [0.5, 0.6) is 0 Å². The highest BCUT2D eigenvalue weighted by Crippen LogP contribution is 2.68. The van der Waals surface area contributed by atoms with E-state index in [9.17, 15) is 46.7 Å². The van der Waals surface area contributed by atoms with E-state index in [1.165, 1.54) is 45.0 Å². The summed E-state index contributed by atoms with van der Waals surface area (Å²) >= 11 is 0. The molecule has 314 valence electrons. The highest BCUT2D eigenvalue weighted by atomic mass is 19.4. The van der Waals surface area contributed by atoms with Crippen molar-refractivity contribution in [1.29, 1.82) is 0 Å². The standard InChI is InChI=1S/C42H53F3O12/c1-22(36(50)33(56-37(51)26-11-9-8-10-12-26)20-39(5,21-53-23(2)46)57-38(52)42(43,44)45)35-32(49)18-31-29-14-13-27-17-28(54-24(3)47)15-16-40(27,6)30(29)19-34(41(31,35)7)55-25(4)48/h8-12,22,27-31,33-35H,13-21H2,1-7H3/t22-,27-,28-,29+,30-,31-,33+,34+,35-,39+,40-,41+/m0/s1. The molecule has 4 fully saturated rings. The number of halogens is 3. The number of hydrogen-bond donors (Lipinski definition) is 0. The Morgan fingerprint density at radius 1 is 0.877 bits per heavy atom. The Balaban J connectivity index is 1.50. The number of benzene rings is 1. The van der Waals surface area contributed by atoms with Crippen LogP contribution in [0.2, 0.25) is 0 Å². The Morgan fingerprint density at radius 2 is 1.53 bits per heavy atom. The molecule has 57 heavy (non-hydrogen) atoms. The average Bonchev–Trinajstić information content (AvgIpc) is 3.40. The van der Waals surface area contributed by atoms with E-state index < -0.39 is 83.9 Å². The van der Waals surface area contributed by atoms with Crippen molar-refractivity contribution in [3.05, 3.63) is 35.9 Å². The second-order valence-corrected chi connectivity index (χ2v) is 17.3. The van der Waals surface area contributed by atoms with Crippen molar-refractivity contribution in [2.75, 3.05) is 6.61 Å². The van der Waals surface area contributed by atoms with Gasteiger partial charge < -0.3 is 23.7 Å². The third-order valence-corrected chi connectivity index (χ3v) is 13.5. The lowest BCUT2D eigenvalue weighted by Gasteiger charge is -2.62. The summed E-state index contributed by atoms with van der Waals surface area (Å²) in [6.45, 7) is 9.36. The molecule has 1 aromatic rings. The minimum atomic E-state index is -5.45. The van der Waals surface area contributed by atoms with Gasteiger partial charge in [0.1, 0.15) is 30.2 Å². The third-order valence-electron chi connectivity index (χ3n) is 13.5. The summed E-state index contributed by atoms with van der Waals surface area (Å²) in [5.41, 5.74) is -3.56. The Morgan fingerprint density at radius 3 is 2.12 bits per heavy atom. The molecule has 4 saturated carbocycles. The zero-order valence-electron chi connectivity index (χ0n) is 33.5. The zero-order valence-corrected chi connectivity index (χ0v) is 33.5. The van der Waals surface area contributed by atoms with Gasteiger partial charge in [0.25, 0.3) is 0 Å². The Hall–Kier alpha value is -4.30. The Labute approximate surface area is 330 Å². The van der Waals surface area contributed by atoms with Gasteiger partial charge in [0.15, 0.2) is 11.9 Å². The van der Waals surface area contributed by atoms with E-state index in [0.29, 0.717) is 19.3 Å². The first-order valence-electron chi connectivity index (χ1n) is 19.6. The molecule has 15 heteroatoms. The molecule has 12 nitrogen and oxygen atoms in total. The molecule has 5 rings (SSSR count). The summed E-state index contributed by atoms with van der Waals surface area (Å²) in [5, 5.41) is 0. The molecular formula is C42H53F3O12. The zero-order chi connectivity index (χ0) is 42.2. The SMILES string of the molecule is CC(=O)OC[C@@](C)(C[C@@H](OC(=O)c1ccccc1)C(=O)[C@@H](C)[C@H]1C(=O)C[C@H]2[C@@H]3CC[C@H]4C[C@@H](OC(C)=O)CC[C@]4(C)[C@H]3C[C@@H](OC(C)=O)[C@]12C)OC(=O)C(F)(F)F. The van der Waals surface area contributed by atoms with Crippen LogP contribution in [0.15, 0.2) is 30.3 Å². The van der Waals surface area contributed by atoms with E-state index in [2.05, 4.69) is 6.92 Å². The molecule has 0 amide bonds. The maximum Gasteiger partial charge on any atom is 0.490 e. The highest BCUT2D eigenvalue weighted by Gasteiger charge is 2.68. The maximum absolute atomic E-state index is 14.8. The van der Waals surface area contributed by atoms with Crippen molar-refractivity contribution in [2.24, 2.45) is 46.3 Å². The van der Waals surface area contributed by atoms with Gasteiger partial charge in [-0.3, -0.25) is 24.0 Å². The van der Waals surface area contributed by atoms with Gasteiger partial charge in [0.2, 0.25) is 0 Å². The first-order valence-corrected chi connectivity index (χ1v) is 19.6. The highest BCUT2D eigenvalue weighted by molar-refractivity contribution is 5.96. The lowest BCUT2D eigenvalue weighted by atomic mass is 9.43. The summed E-state index contributed by atoms with van der Waals surface area (Å²) in [5.74, 6) is -8.77. The topological polar surface area (TPSA) is 166 Å². The number of carbonyl (C=O) groups excluding carboxylic acids is 7. The Kier molecular flexibility index (Phi) is 12.7. The normalized spacial score (nSPS) is 32.8. The molecule has 0 aliphatic heterocycles. The molecule has 1 aromatic carbocycles. The van der Waals surface area contributed by atoms with Crippen LogP contribution in [0.3, 0.4) is 0 Å². The van der Waals surface area contributed by atoms with Crippen LogP contribution in [0, 0.1) is 46.3 Å². The van der Waals surface area contributed by atoms with E-state index in [0.717, 1.165) is 33.1 Å². The van der Waals surface area contributed by atoms with E-state index >= 15 is 0 Å². The van der Waals surface area contributed by atoms with Crippen LogP contribution in [0.1, 0.15) is 110 Å². The van der Waals surface area contributed by atoms with Gasteiger partial charge in [-0.1, -0.05) is 39.0 Å². The lowest BCUT2D eigenvalue weighted by Crippen LogP contribution is -2.60. The fourth-order valence-electron chi connectivity index (χ4n) is 11.0. The monoisotopic (exact) mass is 806 g/mol. The second kappa shape index (κ2) is 16.5. The number of esters is 5. The molecule has 0 heterocycles. The van der Waals surface area contributed by atoms with Gasteiger partial charge in [-0.25, -0.2) is 9.59 Å². The Bertz CT molecular complexity index is 1750. The van der Waals surface area contributed by atoms with Crippen molar-refractivity contribution < 1.29 is 70.4 Å². The quantitative estimate of drug-likeness (QED) is 0.166. The molecule has 0 bridgehead atoms. The number of ether oxygens (including phenoxy) is 5. The predicted octanol–water partition coefficient (Wildman–Crippen LogP) is 6.55. The smallest absolute Gasteiger partial charge is 0.463 e. The van der Waals surface area contributed by atoms with Crippen molar-refractivity contribution in [3.63, 3.8) is 0 Å². The van der Waals surface area contributed by atoms with E-state index in [1.807, 2.05) is 6.92 Å². The summed E-state index contributed by atoms with van der Waals surface area (Å²) in [6.07, 6.45) is -4.86. The first kappa shape index (κ1) is 43.8. The molecule has 4 aliphatic rings. The molecule has 0 saturated heterocycles. The largest absolute Gasteiger partial charge is 0.490 e. The van der Waals surface area contributed by atoms with Crippen molar-refractivity contribution in [3.8, 4) is 0 Å². The summed E-state index contributed by atoms with van der Waals surface area (Å²) < 4.78 is 67.6. The fourth-order valence-corrected chi connectivity index (χ4v) is 11.0. The number of carbonyl (C=O) groups is 7. The maximum atomic E-state index is 14.8. The molecule has 0 unspecified atom stereocenters. The third kappa shape index (κ3) is 9.06. The first-order chi connectivity index (χ1) is 26.5. The van der Waals surface area contributed by atoms with Crippen molar-refractivity contribution >= 4 is 41.4 Å². The van der Waals surface area contributed by atoms with Gasteiger partial charge in [-0.2, -0.15) is 13.2 Å². The van der Waals surface area contributed by atoms with Gasteiger partial charge in [-0.05, 0) is 86.7 Å². The minimum absolute atomic E-state index is 0.0140. The van der Waals surface area contributed by atoms with Gasteiger partial charge >= 0.3 is 36.0 Å². The molecule has 4 aliphatic carbocycles. The van der Waals surface area contributed by atoms with Crippen LogP contribution in [0.4, 0.5) is 13.2 Å². The van der Waals surface area contributed by atoms with Gasteiger partial charge in [-0.15, -0.1) is 0 Å². The fraction of sp³-hybridized carbons (Fsp3) is 0.690. The van der Waals surface area contributed by atoms with E-state index in [4.69, 9.17) is 23.7 Å². The van der Waals surface area contributed by atoms with Crippen LogP contribution in [0.25, 0.3) is 0 Å².